The van der Waals surface area contributed by atoms with Crippen LogP contribution in [0.4, 0.5) is 0 Å². The maximum Gasteiger partial charge on any atom is 0.340 e. The molecule has 0 saturated carbocycles. The first-order chi connectivity index (χ1) is 13.5. The number of pyridine rings is 1. The Morgan fingerprint density at radius 2 is 1.68 bits per heavy atom. The number of ether oxygens (including phenoxy) is 3. The van der Waals surface area contributed by atoms with E-state index in [1.165, 1.54) is 14.2 Å². The van der Waals surface area contributed by atoms with E-state index < -0.39 is 5.97 Å². The lowest BCUT2D eigenvalue weighted by atomic mass is 10.0. The number of fused-ring (bicyclic) bond motifs is 1. The summed E-state index contributed by atoms with van der Waals surface area (Å²) in [7, 11) is 2.71. The van der Waals surface area contributed by atoms with Gasteiger partial charge in [0.15, 0.2) is 0 Å². The predicted molar refractivity (Wildman–Crippen MR) is 104 cm³/mol. The Morgan fingerprint density at radius 3 is 2.36 bits per heavy atom. The van der Waals surface area contributed by atoms with Crippen LogP contribution in [0.5, 0.6) is 5.75 Å². The first kappa shape index (κ1) is 19.4. The molecule has 144 valence electrons. The van der Waals surface area contributed by atoms with Gasteiger partial charge in [-0.2, -0.15) is 0 Å². The zero-order valence-electron chi connectivity index (χ0n) is 16.0. The van der Waals surface area contributed by atoms with Crippen LogP contribution in [0.25, 0.3) is 10.9 Å². The number of aryl methyl sites for hydroxylation is 1. The molecule has 0 aliphatic carbocycles. The van der Waals surface area contributed by atoms with Gasteiger partial charge in [-0.15, -0.1) is 0 Å². The lowest BCUT2D eigenvalue weighted by molar-refractivity contribution is -0.139. The fraction of sp³-hybridized carbons (Fsp3) is 0.227. The van der Waals surface area contributed by atoms with Crippen LogP contribution in [0, 0.1) is 6.92 Å². The molecule has 1 heterocycles. The molecule has 0 aliphatic rings. The lowest BCUT2D eigenvalue weighted by Crippen LogP contribution is -2.13. The number of benzene rings is 2. The van der Waals surface area contributed by atoms with Crippen molar-refractivity contribution in [3.05, 3.63) is 70.9 Å². The van der Waals surface area contributed by atoms with Crippen molar-refractivity contribution < 1.29 is 23.8 Å². The van der Waals surface area contributed by atoms with E-state index in [1.807, 2.05) is 31.2 Å². The Kier molecular flexibility index (Phi) is 5.89. The summed E-state index contributed by atoms with van der Waals surface area (Å²) in [6, 6.07) is 14.8. The molecule has 1 aromatic heterocycles. The number of carbonyl (C=O) groups is 2. The van der Waals surface area contributed by atoms with E-state index >= 15 is 0 Å². The summed E-state index contributed by atoms with van der Waals surface area (Å²) in [6.45, 7) is 1.99. The number of rotatable bonds is 6. The monoisotopic (exact) mass is 379 g/mol. The van der Waals surface area contributed by atoms with E-state index in [0.717, 1.165) is 22.0 Å². The number of carbonyl (C=O) groups excluding carboxylic acids is 2. The second kappa shape index (κ2) is 8.52. The number of hydrogen-bond acceptors (Lipinski definition) is 6. The van der Waals surface area contributed by atoms with Crippen molar-refractivity contribution in [1.29, 1.82) is 0 Å². The van der Waals surface area contributed by atoms with Crippen LogP contribution in [0.2, 0.25) is 0 Å². The van der Waals surface area contributed by atoms with Gasteiger partial charge in [0, 0.05) is 5.39 Å². The third-order valence-corrected chi connectivity index (χ3v) is 4.49. The van der Waals surface area contributed by atoms with Gasteiger partial charge in [0.1, 0.15) is 12.4 Å². The largest absolute Gasteiger partial charge is 0.487 e. The summed E-state index contributed by atoms with van der Waals surface area (Å²) >= 11 is 0. The van der Waals surface area contributed by atoms with Crippen molar-refractivity contribution in [2.75, 3.05) is 14.2 Å². The Labute approximate surface area is 163 Å². The van der Waals surface area contributed by atoms with Crippen LogP contribution < -0.4 is 4.74 Å². The van der Waals surface area contributed by atoms with Crippen molar-refractivity contribution in [1.82, 2.24) is 4.98 Å². The van der Waals surface area contributed by atoms with Gasteiger partial charge in [-0.05, 0) is 36.2 Å². The number of para-hydroxylation sites is 1. The van der Waals surface area contributed by atoms with Gasteiger partial charge in [-0.1, -0.05) is 30.3 Å². The van der Waals surface area contributed by atoms with Crippen LogP contribution >= 0.6 is 0 Å². The summed E-state index contributed by atoms with van der Waals surface area (Å²) in [5.41, 5.74) is 3.36. The Bertz CT molecular complexity index is 1010. The Morgan fingerprint density at radius 1 is 0.964 bits per heavy atom. The lowest BCUT2D eigenvalue weighted by Gasteiger charge is -2.14. The van der Waals surface area contributed by atoms with E-state index in [-0.39, 0.29) is 19.0 Å². The van der Waals surface area contributed by atoms with Gasteiger partial charge >= 0.3 is 11.9 Å². The van der Waals surface area contributed by atoms with Gasteiger partial charge in [0.2, 0.25) is 0 Å². The fourth-order valence-electron chi connectivity index (χ4n) is 3.01. The number of nitrogens with zero attached hydrogens (tertiary/aromatic N) is 1. The smallest absolute Gasteiger partial charge is 0.340 e. The molecule has 0 saturated heterocycles. The zero-order valence-corrected chi connectivity index (χ0v) is 16.0. The van der Waals surface area contributed by atoms with Gasteiger partial charge in [-0.3, -0.25) is 4.79 Å². The molecule has 0 spiro atoms. The van der Waals surface area contributed by atoms with E-state index in [9.17, 15) is 9.59 Å². The van der Waals surface area contributed by atoms with Gasteiger partial charge < -0.3 is 14.2 Å². The summed E-state index contributed by atoms with van der Waals surface area (Å²) < 4.78 is 15.4. The minimum atomic E-state index is -0.442. The molecule has 0 atom stereocenters. The minimum absolute atomic E-state index is 0.118. The van der Waals surface area contributed by atoms with Crippen LogP contribution in [0.15, 0.2) is 48.5 Å². The van der Waals surface area contributed by atoms with Crippen LogP contribution in [-0.2, 0) is 27.3 Å². The highest BCUT2D eigenvalue weighted by molar-refractivity contribution is 5.98. The first-order valence-corrected chi connectivity index (χ1v) is 8.78. The number of methoxy groups -OCH3 is 2. The van der Waals surface area contributed by atoms with Crippen molar-refractivity contribution in [3.63, 3.8) is 0 Å². The first-order valence-electron chi connectivity index (χ1n) is 8.78. The molecule has 0 radical (unpaired) electrons. The maximum absolute atomic E-state index is 12.3. The molecule has 3 rings (SSSR count). The topological polar surface area (TPSA) is 74.7 Å². The van der Waals surface area contributed by atoms with E-state index in [0.29, 0.717) is 17.0 Å². The average Bonchev–Trinajstić information content (AvgIpc) is 2.72. The molecular formula is C22H21NO5. The summed E-state index contributed by atoms with van der Waals surface area (Å²) in [5, 5.41) is 0.902. The Balaban J connectivity index is 1.85. The van der Waals surface area contributed by atoms with Crippen LogP contribution in [-0.4, -0.2) is 31.1 Å². The molecular weight excluding hydrogens is 358 g/mol. The summed E-state index contributed by atoms with van der Waals surface area (Å²) in [5.74, 6) is -0.132. The van der Waals surface area contributed by atoms with E-state index in [4.69, 9.17) is 9.47 Å². The highest BCUT2D eigenvalue weighted by atomic mass is 16.5. The molecule has 2 aromatic carbocycles. The number of aromatic nitrogens is 1. The van der Waals surface area contributed by atoms with Gasteiger partial charge in [0.05, 0.1) is 37.4 Å². The second-order valence-corrected chi connectivity index (χ2v) is 6.25. The molecule has 0 fully saturated rings. The third-order valence-electron chi connectivity index (χ3n) is 4.49. The number of esters is 2. The molecule has 0 unspecified atom stereocenters. The SMILES string of the molecule is COC(=O)Cc1ccc(OCc2nc3ccccc3c(C)c2C(=O)OC)cc1. The molecule has 6 heteroatoms. The van der Waals surface area contributed by atoms with Crippen molar-refractivity contribution >= 4 is 22.8 Å². The van der Waals surface area contributed by atoms with Crippen LogP contribution in [0.3, 0.4) is 0 Å². The molecule has 0 aliphatic heterocycles. The normalized spacial score (nSPS) is 10.5. The zero-order chi connectivity index (χ0) is 20.1. The highest BCUT2D eigenvalue weighted by Gasteiger charge is 2.19. The van der Waals surface area contributed by atoms with Crippen LogP contribution in [0.1, 0.15) is 27.2 Å². The maximum atomic E-state index is 12.3. The standard InChI is InChI=1S/C22H21NO5/c1-14-17-6-4-5-7-18(17)23-19(21(14)22(25)27-3)13-28-16-10-8-15(9-11-16)12-20(24)26-2/h4-11H,12-13H2,1-3H3. The molecule has 0 amide bonds. The minimum Gasteiger partial charge on any atom is -0.487 e. The molecule has 28 heavy (non-hydrogen) atoms. The molecule has 0 N–H and O–H groups in total. The fourth-order valence-corrected chi connectivity index (χ4v) is 3.01. The predicted octanol–water partition coefficient (Wildman–Crippen LogP) is 3.62. The number of hydrogen-bond donors (Lipinski definition) is 0. The molecule has 6 nitrogen and oxygen atoms in total. The highest BCUT2D eigenvalue weighted by Crippen LogP contribution is 2.25. The third kappa shape index (κ3) is 4.11. The molecule has 3 aromatic rings. The Hall–Kier alpha value is -3.41. The molecule has 0 bridgehead atoms. The summed E-state index contributed by atoms with van der Waals surface area (Å²) in [6.07, 6.45) is 0.203. The van der Waals surface area contributed by atoms with Crippen molar-refractivity contribution in [2.45, 2.75) is 20.0 Å². The van der Waals surface area contributed by atoms with Gasteiger partial charge in [-0.25, -0.2) is 9.78 Å². The van der Waals surface area contributed by atoms with Crippen molar-refractivity contribution in [2.24, 2.45) is 0 Å². The van der Waals surface area contributed by atoms with Crippen molar-refractivity contribution in [3.8, 4) is 5.75 Å². The van der Waals surface area contributed by atoms with E-state index in [2.05, 4.69) is 9.72 Å². The average molecular weight is 379 g/mol. The van der Waals surface area contributed by atoms with Gasteiger partial charge in [0.25, 0.3) is 0 Å². The summed E-state index contributed by atoms with van der Waals surface area (Å²) in [4.78, 5) is 28.3. The van der Waals surface area contributed by atoms with E-state index in [1.54, 1.807) is 24.3 Å². The second-order valence-electron chi connectivity index (χ2n) is 6.25. The quantitative estimate of drug-likeness (QED) is 0.609.